The van der Waals surface area contributed by atoms with Gasteiger partial charge in [-0.25, -0.2) is 9.97 Å². The third kappa shape index (κ3) is 4.08. The van der Waals surface area contributed by atoms with Crippen molar-refractivity contribution in [1.29, 1.82) is 0 Å². The van der Waals surface area contributed by atoms with Crippen molar-refractivity contribution >= 4 is 66.3 Å². The lowest BCUT2D eigenvalue weighted by Gasteiger charge is -2.03. The second kappa shape index (κ2) is 7.49. The van der Waals surface area contributed by atoms with Crippen molar-refractivity contribution in [1.82, 2.24) is 9.97 Å². The largest absolute Gasteiger partial charge is 0.322 e. The zero-order valence-electron chi connectivity index (χ0n) is 15.1. The average molecular weight is 409 g/mol. The van der Waals surface area contributed by atoms with E-state index in [1.165, 1.54) is 12.2 Å². The van der Waals surface area contributed by atoms with Crippen molar-refractivity contribution in [3.8, 4) is 0 Å². The van der Waals surface area contributed by atoms with Crippen LogP contribution in [0.2, 0.25) is 0 Å². The van der Waals surface area contributed by atoms with E-state index < -0.39 is 0 Å². The van der Waals surface area contributed by atoms with Crippen LogP contribution in [0.4, 0.5) is 11.4 Å². The van der Waals surface area contributed by atoms with Gasteiger partial charge in [0.2, 0.25) is 11.8 Å². The Labute approximate surface area is 168 Å². The standard InChI is InChI=1S/C20H16N4O2S2/c1-11-21-15-5-3-13(9-17(15)27-11)23-19(25)7-8-20(26)24-14-4-6-16-18(10-14)28-12(2)22-16/h3-10H,1-2H3,(H,23,25)(H,24,26)/b8-7+. The number of amides is 2. The molecule has 0 aliphatic heterocycles. The summed E-state index contributed by atoms with van der Waals surface area (Å²) in [5.41, 5.74) is 3.14. The number of nitrogens with one attached hydrogen (secondary N) is 2. The highest BCUT2D eigenvalue weighted by Crippen LogP contribution is 2.25. The van der Waals surface area contributed by atoms with E-state index in [-0.39, 0.29) is 11.8 Å². The Morgan fingerprint density at radius 2 is 1.21 bits per heavy atom. The first kappa shape index (κ1) is 18.3. The summed E-state index contributed by atoms with van der Waals surface area (Å²) < 4.78 is 2.01. The number of aromatic nitrogens is 2. The lowest BCUT2D eigenvalue weighted by Crippen LogP contribution is -2.12. The molecule has 2 N–H and O–H groups in total. The first-order valence-electron chi connectivity index (χ1n) is 8.51. The van der Waals surface area contributed by atoms with Crippen LogP contribution in [0.15, 0.2) is 48.6 Å². The zero-order valence-corrected chi connectivity index (χ0v) is 16.8. The second-order valence-corrected chi connectivity index (χ2v) is 8.61. The van der Waals surface area contributed by atoms with Crippen molar-refractivity contribution in [2.75, 3.05) is 10.6 Å². The second-order valence-electron chi connectivity index (χ2n) is 6.14. The van der Waals surface area contributed by atoms with E-state index in [0.29, 0.717) is 11.4 Å². The van der Waals surface area contributed by atoms with Crippen molar-refractivity contribution in [3.05, 3.63) is 58.6 Å². The molecule has 0 aliphatic carbocycles. The Morgan fingerprint density at radius 1 is 0.786 bits per heavy atom. The van der Waals surface area contributed by atoms with E-state index >= 15 is 0 Å². The molecule has 0 fully saturated rings. The van der Waals surface area contributed by atoms with Crippen LogP contribution < -0.4 is 10.6 Å². The number of fused-ring (bicyclic) bond motifs is 2. The van der Waals surface area contributed by atoms with Crippen molar-refractivity contribution < 1.29 is 9.59 Å². The lowest BCUT2D eigenvalue weighted by molar-refractivity contribution is -0.114. The van der Waals surface area contributed by atoms with Gasteiger partial charge >= 0.3 is 0 Å². The predicted molar refractivity (Wildman–Crippen MR) is 115 cm³/mol. The van der Waals surface area contributed by atoms with Gasteiger partial charge in [-0.3, -0.25) is 9.59 Å². The van der Waals surface area contributed by atoms with Gasteiger partial charge in [0.05, 0.1) is 30.4 Å². The van der Waals surface area contributed by atoms with Crippen LogP contribution in [-0.2, 0) is 9.59 Å². The molecule has 0 unspecified atom stereocenters. The molecule has 0 aliphatic rings. The minimum atomic E-state index is -0.371. The van der Waals surface area contributed by atoms with Crippen LogP contribution in [0.5, 0.6) is 0 Å². The van der Waals surface area contributed by atoms with E-state index in [4.69, 9.17) is 0 Å². The van der Waals surface area contributed by atoms with E-state index in [1.807, 2.05) is 38.1 Å². The Morgan fingerprint density at radius 3 is 1.64 bits per heavy atom. The van der Waals surface area contributed by atoms with Crippen molar-refractivity contribution in [2.45, 2.75) is 13.8 Å². The molecular weight excluding hydrogens is 392 g/mol. The maximum atomic E-state index is 12.1. The molecule has 4 rings (SSSR count). The number of nitrogens with zero attached hydrogens (tertiary/aromatic N) is 2. The molecule has 0 atom stereocenters. The summed E-state index contributed by atoms with van der Waals surface area (Å²) in [7, 11) is 0. The molecule has 0 spiro atoms. The summed E-state index contributed by atoms with van der Waals surface area (Å²) in [6, 6.07) is 11.1. The summed E-state index contributed by atoms with van der Waals surface area (Å²) in [6.45, 7) is 3.89. The fourth-order valence-electron chi connectivity index (χ4n) is 2.75. The van der Waals surface area contributed by atoms with Gasteiger partial charge in [0.1, 0.15) is 0 Å². The number of hydrogen-bond donors (Lipinski definition) is 2. The van der Waals surface area contributed by atoms with Crippen LogP contribution >= 0.6 is 22.7 Å². The predicted octanol–water partition coefficient (Wildman–Crippen LogP) is 4.66. The van der Waals surface area contributed by atoms with Crippen LogP contribution in [0, 0.1) is 13.8 Å². The number of anilines is 2. The first-order valence-corrected chi connectivity index (χ1v) is 10.1. The summed E-state index contributed by atoms with van der Waals surface area (Å²) >= 11 is 3.13. The molecule has 2 aromatic carbocycles. The molecular formula is C20H16N4O2S2. The Hall–Kier alpha value is -3.10. The first-order chi connectivity index (χ1) is 13.5. The molecule has 28 heavy (non-hydrogen) atoms. The maximum absolute atomic E-state index is 12.1. The van der Waals surface area contributed by atoms with Crippen LogP contribution in [-0.4, -0.2) is 21.8 Å². The molecule has 2 amide bonds. The van der Waals surface area contributed by atoms with Gasteiger partial charge in [-0.05, 0) is 50.2 Å². The number of thiazole rings is 2. The monoisotopic (exact) mass is 408 g/mol. The van der Waals surface area contributed by atoms with E-state index in [0.717, 1.165) is 30.4 Å². The van der Waals surface area contributed by atoms with Crippen LogP contribution in [0.1, 0.15) is 10.0 Å². The van der Waals surface area contributed by atoms with Gasteiger partial charge in [0.15, 0.2) is 0 Å². The highest BCUT2D eigenvalue weighted by atomic mass is 32.1. The van der Waals surface area contributed by atoms with Gasteiger partial charge in [0.25, 0.3) is 0 Å². The molecule has 6 nitrogen and oxygen atoms in total. The summed E-state index contributed by atoms with van der Waals surface area (Å²) in [6.07, 6.45) is 2.43. The SMILES string of the molecule is Cc1nc2ccc(NC(=O)/C=C/C(=O)Nc3ccc4nc(C)sc4c3)cc2s1. The quantitative estimate of drug-likeness (QED) is 0.481. The van der Waals surface area contributed by atoms with Crippen molar-refractivity contribution in [3.63, 3.8) is 0 Å². The number of carbonyl (C=O) groups is 2. The van der Waals surface area contributed by atoms with Crippen LogP contribution in [0.3, 0.4) is 0 Å². The fraction of sp³-hybridized carbons (Fsp3) is 0.100. The third-order valence-electron chi connectivity index (χ3n) is 3.91. The van der Waals surface area contributed by atoms with Gasteiger partial charge in [-0.15, -0.1) is 22.7 Å². The van der Waals surface area contributed by atoms with E-state index in [1.54, 1.807) is 34.8 Å². The molecule has 0 radical (unpaired) electrons. The summed E-state index contributed by atoms with van der Waals surface area (Å²) in [5.74, 6) is -0.742. The normalized spacial score (nSPS) is 11.4. The minimum absolute atomic E-state index is 0.371. The Kier molecular flexibility index (Phi) is 4.89. The third-order valence-corrected chi connectivity index (χ3v) is 5.78. The van der Waals surface area contributed by atoms with E-state index in [9.17, 15) is 9.59 Å². The summed E-state index contributed by atoms with van der Waals surface area (Å²) in [4.78, 5) is 33.0. The summed E-state index contributed by atoms with van der Waals surface area (Å²) in [5, 5.41) is 7.46. The van der Waals surface area contributed by atoms with Gasteiger partial charge < -0.3 is 10.6 Å². The van der Waals surface area contributed by atoms with Crippen LogP contribution in [0.25, 0.3) is 20.4 Å². The molecule has 8 heteroatoms. The zero-order chi connectivity index (χ0) is 19.7. The minimum Gasteiger partial charge on any atom is -0.322 e. The molecule has 140 valence electrons. The Bertz CT molecular complexity index is 1140. The molecule has 0 bridgehead atoms. The van der Waals surface area contributed by atoms with Gasteiger partial charge in [0, 0.05) is 23.5 Å². The topological polar surface area (TPSA) is 84.0 Å². The van der Waals surface area contributed by atoms with E-state index in [2.05, 4.69) is 20.6 Å². The van der Waals surface area contributed by atoms with Gasteiger partial charge in [-0.2, -0.15) is 0 Å². The number of rotatable bonds is 4. The molecule has 2 heterocycles. The molecule has 2 aromatic heterocycles. The fourth-order valence-corrected chi connectivity index (χ4v) is 4.49. The molecule has 4 aromatic rings. The number of benzene rings is 2. The van der Waals surface area contributed by atoms with Crippen molar-refractivity contribution in [2.24, 2.45) is 0 Å². The average Bonchev–Trinajstić information content (AvgIpc) is 3.19. The number of carbonyl (C=O) groups excluding carboxylic acids is 2. The lowest BCUT2D eigenvalue weighted by atomic mass is 10.3. The molecule has 0 saturated carbocycles. The van der Waals surface area contributed by atoms with Gasteiger partial charge in [-0.1, -0.05) is 0 Å². The Balaban J connectivity index is 1.38. The highest BCUT2D eigenvalue weighted by molar-refractivity contribution is 7.18. The smallest absolute Gasteiger partial charge is 0.248 e. The number of hydrogen-bond acceptors (Lipinski definition) is 6. The highest BCUT2D eigenvalue weighted by Gasteiger charge is 2.06. The number of aryl methyl sites for hydroxylation is 2. The maximum Gasteiger partial charge on any atom is 0.248 e. The molecule has 0 saturated heterocycles.